The predicted molar refractivity (Wildman–Crippen MR) is 101 cm³/mol. The molecule has 1 N–H and O–H groups in total. The van der Waals surface area contributed by atoms with Crippen molar-refractivity contribution in [2.45, 2.75) is 0 Å². The number of hydrogen-bond acceptors (Lipinski definition) is 3. The number of halogens is 2. The van der Waals surface area contributed by atoms with Crippen molar-refractivity contribution in [1.82, 2.24) is 14.8 Å². The first-order chi connectivity index (χ1) is 13.6. The van der Waals surface area contributed by atoms with Gasteiger partial charge in [-0.25, -0.2) is 13.5 Å². The molecule has 4 rings (SSSR count). The van der Waals surface area contributed by atoms with Crippen LogP contribution in [0.2, 0.25) is 0 Å². The van der Waals surface area contributed by atoms with Crippen LogP contribution in [-0.2, 0) is 0 Å². The second kappa shape index (κ2) is 7.40. The van der Waals surface area contributed by atoms with Crippen LogP contribution in [0.5, 0.6) is 0 Å². The highest BCUT2D eigenvalue weighted by Gasteiger charge is 2.17. The van der Waals surface area contributed by atoms with E-state index in [-0.39, 0.29) is 11.5 Å². The number of aromatic nitrogens is 3. The summed E-state index contributed by atoms with van der Waals surface area (Å²) in [6, 6.07) is 16.5. The van der Waals surface area contributed by atoms with Crippen LogP contribution in [-0.4, -0.2) is 20.7 Å². The number of rotatable bonds is 4. The largest absolute Gasteiger partial charge is 0.321 e. The van der Waals surface area contributed by atoms with Gasteiger partial charge >= 0.3 is 0 Å². The van der Waals surface area contributed by atoms with Gasteiger partial charge < -0.3 is 5.32 Å². The summed E-state index contributed by atoms with van der Waals surface area (Å²) in [5.41, 5.74) is 2.59. The highest BCUT2D eigenvalue weighted by Crippen LogP contribution is 2.24. The molecule has 0 spiro atoms. The summed E-state index contributed by atoms with van der Waals surface area (Å²) >= 11 is 0. The van der Waals surface area contributed by atoms with Crippen LogP contribution in [0.1, 0.15) is 10.5 Å². The fourth-order valence-corrected chi connectivity index (χ4v) is 2.72. The zero-order valence-electron chi connectivity index (χ0n) is 14.5. The first-order valence-electron chi connectivity index (χ1n) is 8.43. The molecule has 0 aliphatic rings. The minimum atomic E-state index is -0.447. The van der Waals surface area contributed by atoms with Gasteiger partial charge in [-0.3, -0.25) is 9.78 Å². The van der Waals surface area contributed by atoms with Crippen molar-refractivity contribution in [3.63, 3.8) is 0 Å². The summed E-state index contributed by atoms with van der Waals surface area (Å²) in [5.74, 6) is -1.21. The highest BCUT2D eigenvalue weighted by molar-refractivity contribution is 6.03. The molecule has 0 atom stereocenters. The lowest BCUT2D eigenvalue weighted by Gasteiger charge is -2.07. The lowest BCUT2D eigenvalue weighted by molar-refractivity contribution is 0.102. The third-order valence-electron chi connectivity index (χ3n) is 4.07. The van der Waals surface area contributed by atoms with Crippen LogP contribution in [0.4, 0.5) is 14.5 Å². The Balaban J connectivity index is 1.73. The van der Waals surface area contributed by atoms with E-state index in [2.05, 4.69) is 15.4 Å². The average Bonchev–Trinajstić information content (AvgIpc) is 3.16. The van der Waals surface area contributed by atoms with E-state index in [4.69, 9.17) is 0 Å². The van der Waals surface area contributed by atoms with Crippen LogP contribution in [0, 0.1) is 11.6 Å². The Hall–Kier alpha value is -3.87. The van der Waals surface area contributed by atoms with E-state index in [1.165, 1.54) is 36.4 Å². The molecule has 2 heterocycles. The van der Waals surface area contributed by atoms with Crippen LogP contribution in [0.25, 0.3) is 16.9 Å². The lowest BCUT2D eigenvalue weighted by atomic mass is 10.2. The smallest absolute Gasteiger partial charge is 0.276 e. The van der Waals surface area contributed by atoms with Gasteiger partial charge in [0.15, 0.2) is 5.69 Å². The van der Waals surface area contributed by atoms with Gasteiger partial charge in [0, 0.05) is 23.6 Å². The first-order valence-corrected chi connectivity index (χ1v) is 8.43. The number of nitrogens with zero attached hydrogens (tertiary/aromatic N) is 3. The molecular weight excluding hydrogens is 362 g/mol. The van der Waals surface area contributed by atoms with Gasteiger partial charge in [0.05, 0.1) is 11.4 Å². The van der Waals surface area contributed by atoms with Gasteiger partial charge in [-0.1, -0.05) is 0 Å². The fraction of sp³-hybridized carbons (Fsp3) is 0. The molecule has 28 heavy (non-hydrogen) atoms. The molecule has 138 valence electrons. The summed E-state index contributed by atoms with van der Waals surface area (Å²) < 4.78 is 27.9. The van der Waals surface area contributed by atoms with E-state index in [0.29, 0.717) is 17.1 Å². The molecule has 0 unspecified atom stereocenters. The van der Waals surface area contributed by atoms with Crippen molar-refractivity contribution in [2.24, 2.45) is 0 Å². The Morgan fingerprint density at radius 2 is 1.61 bits per heavy atom. The zero-order valence-corrected chi connectivity index (χ0v) is 14.5. The highest BCUT2D eigenvalue weighted by atomic mass is 19.1. The van der Waals surface area contributed by atoms with Crippen molar-refractivity contribution in [3.05, 3.63) is 96.5 Å². The van der Waals surface area contributed by atoms with E-state index in [1.807, 2.05) is 6.07 Å². The summed E-state index contributed by atoms with van der Waals surface area (Å²) in [7, 11) is 0. The van der Waals surface area contributed by atoms with E-state index in [9.17, 15) is 13.6 Å². The number of carbonyl (C=O) groups excluding carboxylic acids is 1. The number of nitrogens with one attached hydrogen (secondary N) is 1. The minimum Gasteiger partial charge on any atom is -0.321 e. The lowest BCUT2D eigenvalue weighted by Crippen LogP contribution is -2.13. The minimum absolute atomic E-state index is 0.160. The van der Waals surface area contributed by atoms with Crippen molar-refractivity contribution in [3.8, 4) is 16.9 Å². The van der Waals surface area contributed by atoms with Gasteiger partial charge in [-0.2, -0.15) is 5.10 Å². The third-order valence-corrected chi connectivity index (χ3v) is 4.07. The van der Waals surface area contributed by atoms with E-state index >= 15 is 0 Å². The molecule has 0 fully saturated rings. The van der Waals surface area contributed by atoms with Gasteiger partial charge in [-0.05, 0) is 66.7 Å². The van der Waals surface area contributed by atoms with Crippen LogP contribution < -0.4 is 5.32 Å². The number of hydrogen-bond donors (Lipinski definition) is 1. The molecule has 2 aromatic carbocycles. The summed E-state index contributed by atoms with van der Waals surface area (Å²) in [4.78, 5) is 16.7. The topological polar surface area (TPSA) is 59.8 Å². The number of carbonyl (C=O) groups is 1. The molecular formula is C21H14F2N4O. The maximum Gasteiger partial charge on any atom is 0.276 e. The normalized spacial score (nSPS) is 10.6. The molecule has 0 aliphatic carbocycles. The number of amides is 1. The van der Waals surface area contributed by atoms with Gasteiger partial charge in [-0.15, -0.1) is 0 Å². The van der Waals surface area contributed by atoms with Crippen LogP contribution >= 0.6 is 0 Å². The van der Waals surface area contributed by atoms with Crippen molar-refractivity contribution >= 4 is 11.6 Å². The molecule has 0 saturated carbocycles. The zero-order chi connectivity index (χ0) is 19.5. The quantitative estimate of drug-likeness (QED) is 0.572. The summed E-state index contributed by atoms with van der Waals surface area (Å²) in [5, 5.41) is 7.06. The second-order valence-electron chi connectivity index (χ2n) is 6.01. The van der Waals surface area contributed by atoms with Gasteiger partial charge in [0.2, 0.25) is 0 Å². The van der Waals surface area contributed by atoms with Crippen molar-refractivity contribution < 1.29 is 13.6 Å². The van der Waals surface area contributed by atoms with Crippen LogP contribution in [0.15, 0.2) is 79.1 Å². The second-order valence-corrected chi connectivity index (χ2v) is 6.01. The van der Waals surface area contributed by atoms with E-state index < -0.39 is 11.7 Å². The first kappa shape index (κ1) is 17.5. The Labute approximate surface area is 159 Å². The van der Waals surface area contributed by atoms with Crippen LogP contribution in [0.3, 0.4) is 0 Å². The molecule has 1 amide bonds. The average molecular weight is 376 g/mol. The Kier molecular flexibility index (Phi) is 4.63. The Morgan fingerprint density at radius 1 is 0.929 bits per heavy atom. The monoisotopic (exact) mass is 376 g/mol. The van der Waals surface area contributed by atoms with Crippen molar-refractivity contribution in [1.29, 1.82) is 0 Å². The number of pyridine rings is 1. The molecule has 0 bridgehead atoms. The fourth-order valence-electron chi connectivity index (χ4n) is 2.72. The van der Waals surface area contributed by atoms with Crippen molar-refractivity contribution in [2.75, 3.05) is 5.32 Å². The molecule has 2 aromatic heterocycles. The van der Waals surface area contributed by atoms with E-state index in [0.717, 1.165) is 5.56 Å². The SMILES string of the molecule is O=C(Nc1ccc(F)cc1)c1cc(-c2cccnc2)n(-c2ccc(F)cc2)n1. The molecule has 7 heteroatoms. The molecule has 0 radical (unpaired) electrons. The molecule has 4 aromatic rings. The maximum absolute atomic E-state index is 13.3. The number of benzene rings is 2. The van der Waals surface area contributed by atoms with E-state index in [1.54, 1.807) is 41.3 Å². The van der Waals surface area contributed by atoms with Gasteiger partial charge in [0.25, 0.3) is 5.91 Å². The standard InChI is InChI=1S/C21H14F2N4O/c22-15-3-7-17(8-4-15)25-21(28)19-12-20(14-2-1-11-24-13-14)27(26-19)18-9-5-16(23)6-10-18/h1-13H,(H,25,28). The maximum atomic E-state index is 13.3. The number of anilines is 1. The molecule has 0 aliphatic heterocycles. The predicted octanol–water partition coefficient (Wildman–Crippen LogP) is 4.46. The molecule has 5 nitrogen and oxygen atoms in total. The molecule has 0 saturated heterocycles. The summed E-state index contributed by atoms with van der Waals surface area (Å²) in [6.45, 7) is 0. The third kappa shape index (κ3) is 3.64. The summed E-state index contributed by atoms with van der Waals surface area (Å²) in [6.07, 6.45) is 3.29. The van der Waals surface area contributed by atoms with Gasteiger partial charge in [0.1, 0.15) is 11.6 Å². The Bertz CT molecular complexity index is 1110. The Morgan fingerprint density at radius 3 is 2.25 bits per heavy atom.